The van der Waals surface area contributed by atoms with E-state index < -0.39 is 0 Å². The maximum atomic E-state index is 15.0. The summed E-state index contributed by atoms with van der Waals surface area (Å²) in [7, 11) is 3.35. The summed E-state index contributed by atoms with van der Waals surface area (Å²) in [5.74, 6) is 0.227. The number of hydrogen-bond donors (Lipinski definition) is 1. The van der Waals surface area contributed by atoms with E-state index >= 15 is 4.39 Å². The number of unbranched alkanes of at least 4 members (excludes halogenated alkanes) is 1. The molecule has 2 atom stereocenters. The molecule has 2 aromatic rings. The number of nitrogens with zero attached hydrogens (tertiary/aromatic N) is 2. The molecular weight excluding hydrogens is 421 g/mol. The standard InChI is InChI=1S/C26H36FN3O3/c1-5-6-15-33-23-10-7-20(8-11-23)26(31)29(3)22-9-12-25(24(27)16-22)30-14-13-21(17-30)28-19(2)18-32-4/h7-12,16,19,21,28H,5-6,13-15,17-18H2,1-4H3. The lowest BCUT2D eigenvalue weighted by Gasteiger charge is -2.23. The molecule has 0 aliphatic carbocycles. The Bertz CT molecular complexity index is 906. The predicted octanol–water partition coefficient (Wildman–Crippen LogP) is 4.48. The van der Waals surface area contributed by atoms with Crippen LogP contribution in [-0.4, -0.2) is 58.5 Å². The fourth-order valence-corrected chi connectivity index (χ4v) is 4.12. The van der Waals surface area contributed by atoms with Crippen LogP contribution in [-0.2, 0) is 4.74 Å². The first kappa shape index (κ1) is 25.0. The van der Waals surface area contributed by atoms with Gasteiger partial charge in [-0.1, -0.05) is 13.3 Å². The molecule has 1 N–H and O–H groups in total. The van der Waals surface area contributed by atoms with E-state index in [-0.39, 0.29) is 17.8 Å². The van der Waals surface area contributed by atoms with Crippen LogP contribution in [0.15, 0.2) is 42.5 Å². The third-order valence-electron chi connectivity index (χ3n) is 5.96. The second-order valence-corrected chi connectivity index (χ2v) is 8.68. The lowest BCUT2D eigenvalue weighted by molar-refractivity contribution is 0.0993. The van der Waals surface area contributed by atoms with Gasteiger partial charge >= 0.3 is 0 Å². The smallest absolute Gasteiger partial charge is 0.258 e. The molecule has 6 nitrogen and oxygen atoms in total. The zero-order valence-electron chi connectivity index (χ0n) is 20.1. The molecular formula is C26H36FN3O3. The third-order valence-corrected chi connectivity index (χ3v) is 5.96. The highest BCUT2D eigenvalue weighted by Crippen LogP contribution is 2.28. The molecule has 2 aromatic carbocycles. The molecule has 180 valence electrons. The fraction of sp³-hybridized carbons (Fsp3) is 0.500. The SMILES string of the molecule is CCCCOc1ccc(C(=O)N(C)c2ccc(N3CCC(NC(C)COC)C3)c(F)c2)cc1. The molecule has 1 heterocycles. The summed E-state index contributed by atoms with van der Waals surface area (Å²) in [6, 6.07) is 12.6. The largest absolute Gasteiger partial charge is 0.494 e. The number of nitrogens with one attached hydrogen (secondary N) is 1. The van der Waals surface area contributed by atoms with E-state index in [0.29, 0.717) is 36.2 Å². The number of methoxy groups -OCH3 is 1. The van der Waals surface area contributed by atoms with E-state index in [4.69, 9.17) is 9.47 Å². The van der Waals surface area contributed by atoms with E-state index in [0.717, 1.165) is 38.1 Å². The Hall–Kier alpha value is -2.64. The highest BCUT2D eigenvalue weighted by Gasteiger charge is 2.26. The van der Waals surface area contributed by atoms with Crippen molar-refractivity contribution in [2.45, 2.75) is 45.2 Å². The van der Waals surface area contributed by atoms with Gasteiger partial charge in [0.15, 0.2) is 0 Å². The zero-order chi connectivity index (χ0) is 23.8. The molecule has 0 aromatic heterocycles. The van der Waals surface area contributed by atoms with Crippen molar-refractivity contribution in [2.75, 3.05) is 50.3 Å². The topological polar surface area (TPSA) is 54.0 Å². The van der Waals surface area contributed by atoms with Gasteiger partial charge < -0.3 is 24.6 Å². The Balaban J connectivity index is 1.61. The van der Waals surface area contributed by atoms with Gasteiger partial charge in [0.05, 0.1) is 18.9 Å². The van der Waals surface area contributed by atoms with Crippen molar-refractivity contribution in [1.82, 2.24) is 5.32 Å². The Morgan fingerprint density at radius 2 is 2.03 bits per heavy atom. The maximum Gasteiger partial charge on any atom is 0.258 e. The quantitative estimate of drug-likeness (QED) is 0.504. The molecule has 0 saturated carbocycles. The lowest BCUT2D eigenvalue weighted by atomic mass is 10.1. The number of rotatable bonds is 11. The summed E-state index contributed by atoms with van der Waals surface area (Å²) in [5, 5.41) is 3.53. The van der Waals surface area contributed by atoms with Crippen LogP contribution in [0.2, 0.25) is 0 Å². The van der Waals surface area contributed by atoms with Gasteiger partial charge in [0.2, 0.25) is 0 Å². The number of halogens is 1. The van der Waals surface area contributed by atoms with E-state index in [1.807, 2.05) is 0 Å². The molecule has 0 bridgehead atoms. The second kappa shape index (κ2) is 12.0. The fourth-order valence-electron chi connectivity index (χ4n) is 4.12. The average Bonchev–Trinajstić information content (AvgIpc) is 3.26. The number of benzene rings is 2. The Morgan fingerprint density at radius 3 is 2.70 bits per heavy atom. The first-order valence-corrected chi connectivity index (χ1v) is 11.7. The number of anilines is 2. The molecule has 1 aliphatic heterocycles. The molecule has 1 aliphatic rings. The van der Waals surface area contributed by atoms with Crippen LogP contribution in [0.1, 0.15) is 43.5 Å². The summed E-state index contributed by atoms with van der Waals surface area (Å²) in [5.41, 5.74) is 1.62. The van der Waals surface area contributed by atoms with Crippen molar-refractivity contribution in [3.8, 4) is 5.75 Å². The van der Waals surface area contributed by atoms with Crippen molar-refractivity contribution < 1.29 is 18.7 Å². The number of hydrogen-bond acceptors (Lipinski definition) is 5. The van der Waals surface area contributed by atoms with Crippen LogP contribution < -0.4 is 19.9 Å². The molecule has 7 heteroatoms. The van der Waals surface area contributed by atoms with Gasteiger partial charge in [0.1, 0.15) is 11.6 Å². The first-order valence-electron chi connectivity index (χ1n) is 11.7. The number of amides is 1. The van der Waals surface area contributed by atoms with E-state index in [1.54, 1.807) is 50.6 Å². The van der Waals surface area contributed by atoms with Crippen LogP contribution in [0.4, 0.5) is 15.8 Å². The number of carbonyl (C=O) groups excluding carboxylic acids is 1. The highest BCUT2D eigenvalue weighted by molar-refractivity contribution is 6.05. The van der Waals surface area contributed by atoms with Crippen molar-refractivity contribution >= 4 is 17.3 Å². The zero-order valence-corrected chi connectivity index (χ0v) is 20.1. The molecule has 1 amide bonds. The van der Waals surface area contributed by atoms with Gasteiger partial charge in [0, 0.05) is 50.6 Å². The summed E-state index contributed by atoms with van der Waals surface area (Å²) in [6.45, 7) is 7.03. The third kappa shape index (κ3) is 6.68. The van der Waals surface area contributed by atoms with Gasteiger partial charge in [-0.05, 0) is 62.2 Å². The monoisotopic (exact) mass is 457 g/mol. The molecule has 1 fully saturated rings. The Kier molecular flexibility index (Phi) is 9.09. The summed E-state index contributed by atoms with van der Waals surface area (Å²) < 4.78 is 25.8. The van der Waals surface area contributed by atoms with Crippen LogP contribution in [0.5, 0.6) is 5.75 Å². The molecule has 33 heavy (non-hydrogen) atoms. The highest BCUT2D eigenvalue weighted by atomic mass is 19.1. The summed E-state index contributed by atoms with van der Waals surface area (Å²) in [6.07, 6.45) is 3.01. The lowest BCUT2D eigenvalue weighted by Crippen LogP contribution is -2.40. The summed E-state index contributed by atoms with van der Waals surface area (Å²) >= 11 is 0. The Morgan fingerprint density at radius 1 is 1.27 bits per heavy atom. The van der Waals surface area contributed by atoms with E-state index in [9.17, 15) is 4.79 Å². The Labute approximate surface area is 196 Å². The van der Waals surface area contributed by atoms with Crippen molar-refractivity contribution in [1.29, 1.82) is 0 Å². The minimum absolute atomic E-state index is 0.195. The van der Waals surface area contributed by atoms with Crippen molar-refractivity contribution in [3.63, 3.8) is 0 Å². The van der Waals surface area contributed by atoms with Gasteiger partial charge in [-0.2, -0.15) is 0 Å². The van der Waals surface area contributed by atoms with Crippen LogP contribution in [0.3, 0.4) is 0 Å². The number of ether oxygens (including phenoxy) is 2. The molecule has 3 rings (SSSR count). The maximum absolute atomic E-state index is 15.0. The summed E-state index contributed by atoms with van der Waals surface area (Å²) in [4.78, 5) is 16.4. The van der Waals surface area contributed by atoms with Crippen molar-refractivity contribution in [2.24, 2.45) is 0 Å². The molecule has 1 saturated heterocycles. The van der Waals surface area contributed by atoms with E-state index in [2.05, 4.69) is 24.1 Å². The normalized spacial score (nSPS) is 16.6. The van der Waals surface area contributed by atoms with E-state index in [1.165, 1.54) is 11.0 Å². The predicted molar refractivity (Wildman–Crippen MR) is 131 cm³/mol. The first-order chi connectivity index (χ1) is 15.9. The van der Waals surface area contributed by atoms with Crippen LogP contribution in [0.25, 0.3) is 0 Å². The number of carbonyl (C=O) groups is 1. The average molecular weight is 458 g/mol. The van der Waals surface area contributed by atoms with Crippen LogP contribution >= 0.6 is 0 Å². The van der Waals surface area contributed by atoms with Gasteiger partial charge in [-0.25, -0.2) is 4.39 Å². The minimum Gasteiger partial charge on any atom is -0.494 e. The van der Waals surface area contributed by atoms with Gasteiger partial charge in [-0.15, -0.1) is 0 Å². The van der Waals surface area contributed by atoms with Gasteiger partial charge in [0.25, 0.3) is 5.91 Å². The second-order valence-electron chi connectivity index (χ2n) is 8.68. The van der Waals surface area contributed by atoms with Crippen LogP contribution in [0, 0.1) is 5.82 Å². The minimum atomic E-state index is -0.322. The molecule has 2 unspecified atom stereocenters. The molecule has 0 spiro atoms. The van der Waals surface area contributed by atoms with Crippen molar-refractivity contribution in [3.05, 3.63) is 53.8 Å². The molecule has 0 radical (unpaired) electrons. The van der Waals surface area contributed by atoms with Gasteiger partial charge in [-0.3, -0.25) is 4.79 Å².